The minimum absolute atomic E-state index is 0. The van der Waals surface area contributed by atoms with Crippen LogP contribution >= 0.6 is 0 Å². The second-order valence-corrected chi connectivity index (χ2v) is 21.0. The van der Waals surface area contributed by atoms with E-state index in [1.807, 2.05) is 12.3 Å². The van der Waals surface area contributed by atoms with E-state index in [2.05, 4.69) is 237 Å². The smallest absolute Gasteiger partial charge is 0.225 e. The van der Waals surface area contributed by atoms with E-state index in [1.165, 1.54) is 44.9 Å². The number of para-hydroxylation sites is 1. The molecule has 5 nitrogen and oxygen atoms in total. The Morgan fingerprint density at radius 2 is 1.14 bits per heavy atom. The molecule has 9 aromatic rings. The summed E-state index contributed by atoms with van der Waals surface area (Å²) in [4.78, 5) is 4.91. The van der Waals surface area contributed by atoms with E-state index in [0.29, 0.717) is 20.7 Å². The molecule has 0 amide bonds. The molecule has 0 bridgehead atoms. The average molecular weight is 1040 g/mol. The predicted octanol–water partition coefficient (Wildman–Crippen LogP) is 16.1. The maximum atomic E-state index is 7.01. The van der Waals surface area contributed by atoms with Gasteiger partial charge >= 0.3 is 0 Å². The zero-order valence-electron chi connectivity index (χ0n) is 39.2. The number of nitrogens with zero attached hydrogens (tertiary/aromatic N) is 4. The Hall–Kier alpha value is -6.10. The van der Waals surface area contributed by atoms with Gasteiger partial charge in [0.2, 0.25) is 11.4 Å². The first kappa shape index (κ1) is 43.8. The van der Waals surface area contributed by atoms with Crippen molar-refractivity contribution in [2.45, 2.75) is 78.6 Å². The number of hydrogen-bond acceptors (Lipinski definition) is 2. The van der Waals surface area contributed by atoms with Gasteiger partial charge in [-0.3, -0.25) is 0 Å². The van der Waals surface area contributed by atoms with Gasteiger partial charge in [-0.05, 0) is 73.2 Å². The molecule has 2 aromatic heterocycles. The third kappa shape index (κ3) is 6.98. The molecular weight excluding hydrogens is 988 g/mol. The number of pyridine rings is 1. The van der Waals surface area contributed by atoms with Crippen molar-refractivity contribution >= 4 is 44.6 Å². The third-order valence-electron chi connectivity index (χ3n) is 13.6. The van der Waals surface area contributed by atoms with E-state index in [-0.39, 0.29) is 37.3 Å². The van der Waals surface area contributed by atoms with Crippen molar-refractivity contribution in [2.24, 2.45) is 0 Å². The summed E-state index contributed by atoms with van der Waals surface area (Å²) in [5.74, 6) is 2.10. The SMILES string of the molecule is CC(C)(C)c1cc(-c2ccccc2)cc([N@+]23[CH-][N+]2(c2[c-]c(Oc4[c-]c5c(cc4)c4ccccc4n5-c4cc(C(C)(C)C)ccn4)cc(-c4ccccc4)c2)c2cc(C(C)(C)C)ccc23)c1.[Pt]. The number of benzene rings is 7. The van der Waals surface area contributed by atoms with Crippen LogP contribution in [0, 0.1) is 18.8 Å². The fourth-order valence-electron chi connectivity index (χ4n) is 9.84. The molecule has 332 valence electrons. The van der Waals surface area contributed by atoms with Crippen molar-refractivity contribution < 1.29 is 25.8 Å². The number of quaternary nitrogens is 2. The fraction of sp³-hybridized carbons (Fsp3) is 0.200. The summed E-state index contributed by atoms with van der Waals surface area (Å²) in [7, 11) is 0. The summed E-state index contributed by atoms with van der Waals surface area (Å²) >= 11 is 0. The van der Waals surface area contributed by atoms with E-state index in [9.17, 15) is 0 Å². The Kier molecular flexibility index (Phi) is 10.3. The standard InChI is InChI=1S/C60H55N4O.Pt/c1-58(2,3)44-24-27-55-56(35-44)64(39-63(55,64)47-31-42(40-18-12-10-13-19-40)30-46(34-47)60(7,8)9)48-32-43(41-20-14-11-15-21-41)33-50(37-48)65-49-25-26-52-51-22-16-17-23-53(51)62(54(52)38-49)57-36-45(28-29-61-57)59(4,5)6;/h10-36,39H,1-9H3;/q-1;/t63-,64?;/m0./s1. The van der Waals surface area contributed by atoms with Gasteiger partial charge in [-0.15, -0.1) is 29.1 Å². The van der Waals surface area contributed by atoms with Crippen molar-refractivity contribution in [1.29, 1.82) is 0 Å². The molecule has 0 aliphatic carbocycles. The van der Waals surface area contributed by atoms with Crippen LogP contribution in [0.1, 0.15) is 79.0 Å². The summed E-state index contributed by atoms with van der Waals surface area (Å²) in [6.45, 7) is 23.0. The Morgan fingerprint density at radius 3 is 1.82 bits per heavy atom. The van der Waals surface area contributed by atoms with Crippen molar-refractivity contribution in [3.63, 3.8) is 0 Å². The van der Waals surface area contributed by atoms with Crippen molar-refractivity contribution in [1.82, 2.24) is 18.7 Å². The Balaban J connectivity index is 0.00000511. The first-order chi connectivity index (χ1) is 31.0. The van der Waals surface area contributed by atoms with Gasteiger partial charge in [-0.2, -0.15) is 10.7 Å². The molecule has 2 atom stereocenters. The summed E-state index contributed by atoms with van der Waals surface area (Å²) in [6.07, 6.45) is 1.92. The van der Waals surface area contributed by atoms with Gasteiger partial charge in [0, 0.05) is 68.5 Å². The Bertz CT molecular complexity index is 3330. The van der Waals surface area contributed by atoms with Crippen molar-refractivity contribution in [2.75, 3.05) is 0 Å². The second-order valence-electron chi connectivity index (χ2n) is 21.0. The van der Waals surface area contributed by atoms with Crippen LogP contribution < -0.4 is 13.9 Å². The van der Waals surface area contributed by atoms with Crippen LogP contribution in [0.2, 0.25) is 0 Å². The number of aromatic nitrogens is 2. The van der Waals surface area contributed by atoms with Gasteiger partial charge in [0.25, 0.3) is 0 Å². The van der Waals surface area contributed by atoms with E-state index in [1.54, 1.807) is 0 Å². The zero-order valence-corrected chi connectivity index (χ0v) is 41.5. The largest absolute Gasteiger partial charge is 0.509 e. The molecule has 2 aliphatic rings. The second kappa shape index (κ2) is 15.5. The number of ether oxygens (including phenoxy) is 1. The van der Waals surface area contributed by atoms with Crippen molar-refractivity contribution in [3.8, 4) is 39.6 Å². The molecule has 1 fully saturated rings. The summed E-state index contributed by atoms with van der Waals surface area (Å²) < 4.78 is 10.3. The molecule has 66 heavy (non-hydrogen) atoms. The van der Waals surface area contributed by atoms with Crippen LogP contribution in [0.4, 0.5) is 22.7 Å². The molecule has 2 aliphatic heterocycles. The van der Waals surface area contributed by atoms with E-state index in [0.717, 1.165) is 44.4 Å². The molecule has 1 unspecified atom stereocenters. The summed E-state index contributed by atoms with van der Waals surface area (Å²) in [6, 6.07) is 64.8. The van der Waals surface area contributed by atoms with Gasteiger partial charge < -0.3 is 9.30 Å². The van der Waals surface area contributed by atoms with Crippen molar-refractivity contribution in [3.05, 3.63) is 199 Å². The fourth-order valence-corrected chi connectivity index (χ4v) is 9.84. The Morgan fingerprint density at radius 1 is 0.500 bits per heavy atom. The first-order valence-corrected chi connectivity index (χ1v) is 22.8. The molecule has 6 heteroatoms. The minimum atomic E-state index is -0.0670. The van der Waals surface area contributed by atoms with Crippen LogP contribution in [-0.4, -0.2) is 9.55 Å². The van der Waals surface area contributed by atoms with E-state index in [4.69, 9.17) is 9.72 Å². The van der Waals surface area contributed by atoms with Gasteiger partial charge in [-0.25, -0.2) is 9.58 Å². The number of fused-ring (bicyclic) bond motifs is 7. The molecule has 0 radical (unpaired) electrons. The van der Waals surface area contributed by atoms with Crippen LogP contribution in [0.15, 0.2) is 164 Å². The average Bonchev–Trinajstić information content (AvgIpc) is 3.79. The maximum absolute atomic E-state index is 7.01. The van der Waals surface area contributed by atoms with Gasteiger partial charge in [0.1, 0.15) is 5.82 Å². The van der Waals surface area contributed by atoms with Crippen LogP contribution in [0.25, 0.3) is 49.9 Å². The molecule has 4 heterocycles. The van der Waals surface area contributed by atoms with Crippen LogP contribution in [0.5, 0.6) is 11.5 Å². The number of rotatable bonds is 7. The molecule has 11 rings (SSSR count). The third-order valence-corrected chi connectivity index (χ3v) is 13.6. The molecule has 7 aromatic carbocycles. The molecule has 0 spiro atoms. The zero-order chi connectivity index (χ0) is 45.1. The molecule has 0 saturated carbocycles. The normalized spacial score (nSPS) is 17.7. The first-order valence-electron chi connectivity index (χ1n) is 22.8. The quantitative estimate of drug-likeness (QED) is 0.0904. The summed E-state index contributed by atoms with van der Waals surface area (Å²) in [5, 5.41) is 2.24. The Labute approximate surface area is 404 Å². The molecule has 1 saturated heterocycles. The summed E-state index contributed by atoms with van der Waals surface area (Å²) in [5.41, 5.74) is 15.1. The van der Waals surface area contributed by atoms with E-state index >= 15 is 0 Å². The predicted molar refractivity (Wildman–Crippen MR) is 270 cm³/mol. The van der Waals surface area contributed by atoms with Crippen LogP contribution in [0.3, 0.4) is 0 Å². The molecular formula is C60H55N4OPt-. The maximum Gasteiger partial charge on any atom is 0.225 e. The topological polar surface area (TPSA) is 27.1 Å². The van der Waals surface area contributed by atoms with E-state index < -0.39 is 0 Å². The number of hydrogen-bond donors (Lipinski definition) is 0. The van der Waals surface area contributed by atoms with Gasteiger partial charge in [0.05, 0.1) is 5.69 Å². The van der Waals surface area contributed by atoms with Gasteiger partial charge in [0.15, 0.2) is 12.4 Å². The van der Waals surface area contributed by atoms with Crippen LogP contribution in [-0.2, 0) is 37.3 Å². The monoisotopic (exact) mass is 1040 g/mol. The molecule has 0 N–H and O–H groups in total. The van der Waals surface area contributed by atoms with Gasteiger partial charge in [-0.1, -0.05) is 171 Å². The minimum Gasteiger partial charge on any atom is -0.509 e.